The van der Waals surface area contributed by atoms with Crippen LogP contribution in [-0.2, 0) is 10.0 Å². The highest BCUT2D eigenvalue weighted by Gasteiger charge is 2.27. The summed E-state index contributed by atoms with van der Waals surface area (Å²) in [4.78, 5) is 15.3. The van der Waals surface area contributed by atoms with Gasteiger partial charge in [-0.2, -0.15) is 4.31 Å². The number of amides is 1. The average Bonchev–Trinajstić information content (AvgIpc) is 3.16. The quantitative estimate of drug-likeness (QED) is 0.734. The van der Waals surface area contributed by atoms with Gasteiger partial charge in [0.25, 0.3) is 5.91 Å². The van der Waals surface area contributed by atoms with Crippen molar-refractivity contribution in [2.75, 3.05) is 31.1 Å². The molecule has 1 saturated heterocycles. The van der Waals surface area contributed by atoms with E-state index in [4.69, 9.17) is 0 Å². The average molecular weight is 396 g/mol. The Kier molecular flexibility index (Phi) is 7.28. The van der Waals surface area contributed by atoms with Crippen LogP contribution in [0.3, 0.4) is 0 Å². The summed E-state index contributed by atoms with van der Waals surface area (Å²) in [5.41, 5.74) is 1.26. The van der Waals surface area contributed by atoms with Crippen molar-refractivity contribution in [2.45, 2.75) is 58.4 Å². The molecule has 2 rings (SSSR count). The van der Waals surface area contributed by atoms with Crippen LogP contribution in [0.15, 0.2) is 23.1 Å². The Balaban J connectivity index is 2.47. The van der Waals surface area contributed by atoms with Crippen molar-refractivity contribution < 1.29 is 13.2 Å². The number of hydrogen-bond acceptors (Lipinski definition) is 4. The van der Waals surface area contributed by atoms with Gasteiger partial charge < -0.3 is 10.2 Å². The van der Waals surface area contributed by atoms with Gasteiger partial charge in [-0.3, -0.25) is 4.79 Å². The van der Waals surface area contributed by atoms with Crippen molar-refractivity contribution >= 4 is 21.6 Å². The van der Waals surface area contributed by atoms with Crippen LogP contribution in [0.4, 0.5) is 5.69 Å². The van der Waals surface area contributed by atoms with Gasteiger partial charge in [0.15, 0.2) is 0 Å². The number of anilines is 1. The first-order chi connectivity index (χ1) is 12.7. The lowest BCUT2D eigenvalue weighted by Gasteiger charge is -2.25. The fraction of sp³-hybridized carbons (Fsp3) is 0.650. The standard InChI is InChI=1S/C20H33N3O3S/c1-6-23(7-2)27(25,26)17-10-11-19(22-12-8-9-13-22)18(14-17)20(24)21-16(5)15(3)4/h10-11,14-16H,6-9,12-13H2,1-5H3,(H,21,24). The highest BCUT2D eigenvalue weighted by atomic mass is 32.2. The predicted molar refractivity (Wildman–Crippen MR) is 110 cm³/mol. The molecule has 6 nitrogen and oxygen atoms in total. The first-order valence-electron chi connectivity index (χ1n) is 9.92. The number of carbonyl (C=O) groups is 1. The largest absolute Gasteiger partial charge is 0.371 e. The highest BCUT2D eigenvalue weighted by molar-refractivity contribution is 7.89. The van der Waals surface area contributed by atoms with Crippen LogP contribution >= 0.6 is 0 Å². The molecule has 1 amide bonds. The summed E-state index contributed by atoms with van der Waals surface area (Å²) in [5.74, 6) is 0.0847. The third-order valence-corrected chi connectivity index (χ3v) is 7.41. The Bertz CT molecular complexity index is 752. The molecule has 1 N–H and O–H groups in total. The molecule has 1 fully saturated rings. The van der Waals surface area contributed by atoms with Crippen molar-refractivity contribution in [3.8, 4) is 0 Å². The topological polar surface area (TPSA) is 69.7 Å². The molecule has 7 heteroatoms. The summed E-state index contributed by atoms with van der Waals surface area (Å²) < 4.78 is 27.2. The molecule has 0 saturated carbocycles. The maximum absolute atomic E-state index is 13.0. The molecule has 27 heavy (non-hydrogen) atoms. The second-order valence-electron chi connectivity index (χ2n) is 7.47. The van der Waals surface area contributed by atoms with Gasteiger partial charge in [0, 0.05) is 37.9 Å². The lowest BCUT2D eigenvalue weighted by Crippen LogP contribution is -2.37. The summed E-state index contributed by atoms with van der Waals surface area (Å²) >= 11 is 0. The maximum atomic E-state index is 13.0. The fourth-order valence-electron chi connectivity index (χ4n) is 3.26. The van der Waals surface area contributed by atoms with Gasteiger partial charge in [-0.15, -0.1) is 0 Å². The molecule has 0 bridgehead atoms. The van der Waals surface area contributed by atoms with Gasteiger partial charge in [-0.05, 0) is 43.9 Å². The molecule has 1 aromatic rings. The van der Waals surface area contributed by atoms with E-state index >= 15 is 0 Å². The second kappa shape index (κ2) is 9.06. The summed E-state index contributed by atoms with van der Waals surface area (Å²) in [7, 11) is -3.61. The van der Waals surface area contributed by atoms with E-state index in [1.807, 2.05) is 34.6 Å². The third kappa shape index (κ3) is 4.82. The summed E-state index contributed by atoms with van der Waals surface area (Å²) in [5, 5.41) is 3.02. The maximum Gasteiger partial charge on any atom is 0.253 e. The van der Waals surface area contributed by atoms with Gasteiger partial charge in [0.1, 0.15) is 0 Å². The first-order valence-corrected chi connectivity index (χ1v) is 11.4. The van der Waals surface area contributed by atoms with Crippen LogP contribution in [0.5, 0.6) is 0 Å². The number of sulfonamides is 1. The second-order valence-corrected chi connectivity index (χ2v) is 9.41. The van der Waals surface area contributed by atoms with E-state index in [1.165, 1.54) is 4.31 Å². The SMILES string of the molecule is CCN(CC)S(=O)(=O)c1ccc(N2CCCC2)c(C(=O)NC(C)C(C)C)c1. The van der Waals surface area contributed by atoms with Gasteiger partial charge in [-0.1, -0.05) is 27.7 Å². The molecular weight excluding hydrogens is 362 g/mol. The summed E-state index contributed by atoms with van der Waals surface area (Å²) in [6.45, 7) is 12.3. The summed E-state index contributed by atoms with van der Waals surface area (Å²) in [6, 6.07) is 4.97. The van der Waals surface area contributed by atoms with Gasteiger partial charge in [0.2, 0.25) is 10.0 Å². The molecule has 152 valence electrons. The Morgan fingerprint density at radius 1 is 1.15 bits per heavy atom. The molecule has 1 heterocycles. The lowest BCUT2D eigenvalue weighted by atomic mass is 10.1. The third-order valence-electron chi connectivity index (χ3n) is 5.36. The van der Waals surface area contributed by atoms with Gasteiger partial charge >= 0.3 is 0 Å². The first kappa shape index (κ1) is 21.7. The van der Waals surface area contributed by atoms with E-state index in [1.54, 1.807) is 18.2 Å². The molecule has 0 spiro atoms. The van der Waals surface area contributed by atoms with E-state index in [9.17, 15) is 13.2 Å². The molecule has 0 aromatic heterocycles. The smallest absolute Gasteiger partial charge is 0.253 e. The zero-order valence-electron chi connectivity index (χ0n) is 17.2. The predicted octanol–water partition coefficient (Wildman–Crippen LogP) is 3.09. The van der Waals surface area contributed by atoms with E-state index < -0.39 is 10.0 Å². The number of nitrogens with one attached hydrogen (secondary N) is 1. The molecule has 1 aliphatic rings. The zero-order chi connectivity index (χ0) is 20.2. The number of hydrogen-bond donors (Lipinski definition) is 1. The van der Waals surface area contributed by atoms with Crippen LogP contribution in [0.2, 0.25) is 0 Å². The lowest BCUT2D eigenvalue weighted by molar-refractivity contribution is 0.0931. The fourth-order valence-corrected chi connectivity index (χ4v) is 4.74. The monoisotopic (exact) mass is 395 g/mol. The molecule has 1 aliphatic heterocycles. The van der Waals surface area contributed by atoms with Crippen molar-refractivity contribution in [2.24, 2.45) is 5.92 Å². The van der Waals surface area contributed by atoms with Crippen LogP contribution in [0.1, 0.15) is 57.8 Å². The number of benzene rings is 1. The normalized spacial score (nSPS) is 16.2. The molecule has 0 aliphatic carbocycles. The van der Waals surface area contributed by atoms with E-state index in [0.717, 1.165) is 31.6 Å². The minimum absolute atomic E-state index is 0.00646. The van der Waals surface area contributed by atoms with Crippen LogP contribution in [0.25, 0.3) is 0 Å². The molecule has 0 radical (unpaired) electrons. The van der Waals surface area contributed by atoms with Crippen molar-refractivity contribution in [1.29, 1.82) is 0 Å². The summed E-state index contributed by atoms with van der Waals surface area (Å²) in [6.07, 6.45) is 2.17. The van der Waals surface area contributed by atoms with E-state index in [2.05, 4.69) is 10.2 Å². The van der Waals surface area contributed by atoms with Crippen LogP contribution in [0, 0.1) is 5.92 Å². The van der Waals surface area contributed by atoms with E-state index in [0.29, 0.717) is 24.6 Å². The number of carbonyl (C=O) groups excluding carboxylic acids is 1. The Morgan fingerprint density at radius 3 is 2.26 bits per heavy atom. The minimum atomic E-state index is -3.61. The zero-order valence-corrected chi connectivity index (χ0v) is 18.0. The van der Waals surface area contributed by atoms with Crippen molar-refractivity contribution in [3.05, 3.63) is 23.8 Å². The molecular formula is C20H33N3O3S. The van der Waals surface area contributed by atoms with Gasteiger partial charge in [-0.25, -0.2) is 8.42 Å². The van der Waals surface area contributed by atoms with E-state index in [-0.39, 0.29) is 16.8 Å². The Labute approximate surface area is 164 Å². The Morgan fingerprint density at radius 2 is 1.74 bits per heavy atom. The molecule has 1 unspecified atom stereocenters. The number of rotatable bonds is 8. The molecule has 1 aromatic carbocycles. The minimum Gasteiger partial charge on any atom is -0.371 e. The van der Waals surface area contributed by atoms with Crippen molar-refractivity contribution in [3.63, 3.8) is 0 Å². The van der Waals surface area contributed by atoms with Crippen LogP contribution in [-0.4, -0.2) is 50.9 Å². The highest BCUT2D eigenvalue weighted by Crippen LogP contribution is 2.28. The molecule has 1 atom stereocenters. The van der Waals surface area contributed by atoms with Crippen molar-refractivity contribution in [1.82, 2.24) is 9.62 Å². The van der Waals surface area contributed by atoms with Gasteiger partial charge in [0.05, 0.1) is 10.5 Å². The Hall–Kier alpha value is -1.60. The van der Waals surface area contributed by atoms with Crippen LogP contribution < -0.4 is 10.2 Å². The number of nitrogens with zero attached hydrogens (tertiary/aromatic N) is 2.